The summed E-state index contributed by atoms with van der Waals surface area (Å²) in [6, 6.07) is 4.47. The van der Waals surface area contributed by atoms with Crippen molar-refractivity contribution in [3.8, 4) is 6.07 Å². The Hall–Kier alpha value is -2.23. The molecule has 1 aromatic carbocycles. The lowest BCUT2D eigenvalue weighted by molar-refractivity contribution is -0.136. The molecule has 0 fully saturated rings. The van der Waals surface area contributed by atoms with Crippen molar-refractivity contribution in [2.24, 2.45) is 0 Å². The summed E-state index contributed by atoms with van der Waals surface area (Å²) >= 11 is 0. The number of alkyl halides is 3. The number of nitrogens with zero attached hydrogens (tertiary/aromatic N) is 1. The number of hydrogen-bond acceptors (Lipinski definition) is 3. The van der Waals surface area contributed by atoms with Gasteiger partial charge in [0.1, 0.15) is 5.60 Å². The van der Waals surface area contributed by atoms with Crippen LogP contribution < -0.4 is 5.32 Å². The lowest BCUT2D eigenvalue weighted by Crippen LogP contribution is -2.30. The van der Waals surface area contributed by atoms with Gasteiger partial charge < -0.3 is 4.74 Å². The van der Waals surface area contributed by atoms with E-state index < -0.39 is 29.1 Å². The molecule has 0 aliphatic heterocycles. The van der Waals surface area contributed by atoms with Crippen LogP contribution in [0.2, 0.25) is 0 Å². The molecule has 0 bridgehead atoms. The SMILES string of the molecule is CCC(C)(C)OC(=O)Nc1cc(C#N)ccc1C(F)(F)F. The van der Waals surface area contributed by atoms with Gasteiger partial charge in [0, 0.05) is 0 Å². The molecule has 21 heavy (non-hydrogen) atoms. The Labute approximate surface area is 120 Å². The minimum atomic E-state index is -4.64. The van der Waals surface area contributed by atoms with Crippen LogP contribution in [0.5, 0.6) is 0 Å². The van der Waals surface area contributed by atoms with Crippen LogP contribution in [0.25, 0.3) is 0 Å². The summed E-state index contributed by atoms with van der Waals surface area (Å²) in [6.07, 6.45) is -5.13. The number of amides is 1. The molecule has 0 aliphatic rings. The molecule has 0 saturated carbocycles. The number of hydrogen-bond donors (Lipinski definition) is 1. The van der Waals surface area contributed by atoms with Crippen LogP contribution in [0.4, 0.5) is 23.7 Å². The van der Waals surface area contributed by atoms with Crippen LogP contribution in [0.1, 0.15) is 38.3 Å². The summed E-state index contributed by atoms with van der Waals surface area (Å²) < 4.78 is 43.6. The molecular weight excluding hydrogens is 285 g/mol. The topological polar surface area (TPSA) is 62.1 Å². The van der Waals surface area contributed by atoms with E-state index in [0.29, 0.717) is 6.42 Å². The Balaban J connectivity index is 3.06. The molecule has 4 nitrogen and oxygen atoms in total. The molecule has 1 aromatic rings. The molecule has 0 unspecified atom stereocenters. The Morgan fingerprint density at radius 3 is 2.48 bits per heavy atom. The Morgan fingerprint density at radius 2 is 2.00 bits per heavy atom. The van der Waals surface area contributed by atoms with Crippen LogP contribution in [-0.2, 0) is 10.9 Å². The van der Waals surface area contributed by atoms with Gasteiger partial charge in [-0.15, -0.1) is 0 Å². The fraction of sp³-hybridized carbons (Fsp3) is 0.429. The number of carbonyl (C=O) groups excluding carboxylic acids is 1. The van der Waals surface area contributed by atoms with Gasteiger partial charge >= 0.3 is 12.3 Å². The summed E-state index contributed by atoms with van der Waals surface area (Å²) in [5.41, 5.74) is -2.32. The van der Waals surface area contributed by atoms with E-state index in [-0.39, 0.29) is 5.56 Å². The first-order chi connectivity index (χ1) is 9.59. The molecular formula is C14H15F3N2O2. The average Bonchev–Trinajstić information content (AvgIpc) is 2.36. The van der Waals surface area contributed by atoms with Crippen molar-refractivity contribution in [3.05, 3.63) is 29.3 Å². The van der Waals surface area contributed by atoms with Gasteiger partial charge in [-0.05, 0) is 38.5 Å². The third kappa shape index (κ3) is 4.67. The minimum absolute atomic E-state index is 0.00746. The van der Waals surface area contributed by atoms with E-state index >= 15 is 0 Å². The van der Waals surface area contributed by atoms with Gasteiger partial charge in [-0.3, -0.25) is 5.32 Å². The fourth-order valence-corrected chi connectivity index (χ4v) is 1.42. The number of nitriles is 1. The standard InChI is InChI=1S/C14H15F3N2O2/c1-4-13(2,3)21-12(20)19-11-7-9(8-18)5-6-10(11)14(15,16)17/h5-7H,4H2,1-3H3,(H,19,20). The fourth-order valence-electron chi connectivity index (χ4n) is 1.42. The van der Waals surface area contributed by atoms with Crippen molar-refractivity contribution in [1.82, 2.24) is 0 Å². The zero-order valence-corrected chi connectivity index (χ0v) is 11.8. The van der Waals surface area contributed by atoms with Gasteiger partial charge in [0.25, 0.3) is 0 Å². The number of rotatable bonds is 3. The molecule has 0 radical (unpaired) electrons. The molecule has 0 spiro atoms. The second-order valence-corrected chi connectivity index (χ2v) is 5.00. The van der Waals surface area contributed by atoms with Gasteiger partial charge in [-0.25, -0.2) is 4.79 Å². The Kier molecular flexibility index (Phi) is 4.84. The summed E-state index contributed by atoms with van der Waals surface area (Å²) in [4.78, 5) is 11.7. The van der Waals surface area contributed by atoms with E-state index in [2.05, 4.69) is 0 Å². The smallest absolute Gasteiger partial charge is 0.418 e. The molecule has 114 valence electrons. The zero-order valence-electron chi connectivity index (χ0n) is 11.8. The highest BCUT2D eigenvalue weighted by Crippen LogP contribution is 2.35. The number of halogens is 3. The normalized spacial score (nSPS) is 11.7. The minimum Gasteiger partial charge on any atom is -0.443 e. The van der Waals surface area contributed by atoms with E-state index in [1.165, 1.54) is 0 Å². The van der Waals surface area contributed by atoms with Crippen LogP contribution in [-0.4, -0.2) is 11.7 Å². The van der Waals surface area contributed by atoms with E-state index in [9.17, 15) is 18.0 Å². The van der Waals surface area contributed by atoms with E-state index in [1.807, 2.05) is 5.32 Å². The molecule has 1 N–H and O–H groups in total. The highest BCUT2D eigenvalue weighted by atomic mass is 19.4. The van der Waals surface area contributed by atoms with Gasteiger partial charge in [-0.1, -0.05) is 6.92 Å². The predicted molar refractivity (Wildman–Crippen MR) is 70.6 cm³/mol. The number of anilines is 1. The van der Waals surface area contributed by atoms with Gasteiger partial charge in [0.05, 0.1) is 22.9 Å². The first-order valence-electron chi connectivity index (χ1n) is 6.20. The second-order valence-electron chi connectivity index (χ2n) is 5.00. The van der Waals surface area contributed by atoms with Gasteiger partial charge in [0.2, 0.25) is 0 Å². The highest BCUT2D eigenvalue weighted by molar-refractivity contribution is 5.86. The largest absolute Gasteiger partial charge is 0.443 e. The van der Waals surface area contributed by atoms with Crippen molar-refractivity contribution in [2.75, 3.05) is 5.32 Å². The summed E-state index contributed by atoms with van der Waals surface area (Å²) in [5, 5.41) is 10.8. The zero-order chi connectivity index (χ0) is 16.3. The number of ether oxygens (including phenoxy) is 1. The summed E-state index contributed by atoms with van der Waals surface area (Å²) in [5.74, 6) is 0. The van der Waals surface area contributed by atoms with Crippen molar-refractivity contribution >= 4 is 11.8 Å². The van der Waals surface area contributed by atoms with Gasteiger partial charge in [0.15, 0.2) is 0 Å². The maximum atomic E-state index is 12.9. The quantitative estimate of drug-likeness (QED) is 0.904. The first kappa shape index (κ1) is 16.8. The van der Waals surface area contributed by atoms with Crippen molar-refractivity contribution in [2.45, 2.75) is 39.0 Å². The summed E-state index contributed by atoms with van der Waals surface area (Å²) in [7, 11) is 0. The van der Waals surface area contributed by atoms with Crippen molar-refractivity contribution in [1.29, 1.82) is 5.26 Å². The lowest BCUT2D eigenvalue weighted by atomic mass is 10.1. The molecule has 0 aliphatic carbocycles. The number of benzene rings is 1. The monoisotopic (exact) mass is 300 g/mol. The van der Waals surface area contributed by atoms with Crippen LogP contribution in [0, 0.1) is 11.3 Å². The summed E-state index contributed by atoms with van der Waals surface area (Å²) in [6.45, 7) is 5.07. The van der Waals surface area contributed by atoms with E-state index in [4.69, 9.17) is 10.00 Å². The Bertz CT molecular complexity index is 575. The Morgan fingerprint density at radius 1 is 1.38 bits per heavy atom. The van der Waals surface area contributed by atoms with E-state index in [0.717, 1.165) is 18.2 Å². The van der Waals surface area contributed by atoms with E-state index in [1.54, 1.807) is 26.8 Å². The van der Waals surface area contributed by atoms with Gasteiger partial charge in [-0.2, -0.15) is 18.4 Å². The predicted octanol–water partition coefficient (Wildman–Crippen LogP) is 4.31. The van der Waals surface area contributed by atoms with Crippen LogP contribution in [0.15, 0.2) is 18.2 Å². The second kappa shape index (κ2) is 6.04. The highest BCUT2D eigenvalue weighted by Gasteiger charge is 2.34. The molecule has 0 saturated heterocycles. The lowest BCUT2D eigenvalue weighted by Gasteiger charge is -2.24. The molecule has 1 rings (SSSR count). The molecule has 7 heteroatoms. The molecule has 0 aromatic heterocycles. The van der Waals surface area contributed by atoms with Crippen LogP contribution >= 0.6 is 0 Å². The van der Waals surface area contributed by atoms with Crippen molar-refractivity contribution in [3.63, 3.8) is 0 Å². The number of nitrogens with one attached hydrogen (secondary N) is 1. The molecule has 1 amide bonds. The average molecular weight is 300 g/mol. The third-order valence-electron chi connectivity index (χ3n) is 2.91. The molecule has 0 heterocycles. The molecule has 0 atom stereocenters. The van der Waals surface area contributed by atoms with Crippen molar-refractivity contribution < 1.29 is 22.7 Å². The number of carbonyl (C=O) groups is 1. The third-order valence-corrected chi connectivity index (χ3v) is 2.91. The maximum absolute atomic E-state index is 12.9. The van der Waals surface area contributed by atoms with Crippen LogP contribution in [0.3, 0.4) is 0 Å². The first-order valence-corrected chi connectivity index (χ1v) is 6.20. The maximum Gasteiger partial charge on any atom is 0.418 e.